The summed E-state index contributed by atoms with van der Waals surface area (Å²) in [6.45, 7) is 8.78. The number of carbonyl (C=O) groups is 2. The van der Waals surface area contributed by atoms with Crippen molar-refractivity contribution in [3.8, 4) is 5.75 Å². The first-order valence-electron chi connectivity index (χ1n) is 9.31. The lowest BCUT2D eigenvalue weighted by Crippen LogP contribution is -2.40. The maximum absolute atomic E-state index is 12.5. The van der Waals surface area contributed by atoms with Gasteiger partial charge in [-0.3, -0.25) is 9.59 Å². The number of nitrogens with zero attached hydrogens (tertiary/aromatic N) is 2. The maximum atomic E-state index is 12.5. The van der Waals surface area contributed by atoms with Crippen molar-refractivity contribution in [2.24, 2.45) is 5.92 Å². The molecule has 0 N–H and O–H groups in total. The molecule has 0 unspecified atom stereocenters. The van der Waals surface area contributed by atoms with Crippen LogP contribution in [-0.2, 0) is 9.59 Å². The van der Waals surface area contributed by atoms with Gasteiger partial charge in [0.25, 0.3) is 5.91 Å². The van der Waals surface area contributed by atoms with Crippen LogP contribution >= 0.6 is 0 Å². The second-order valence-electron chi connectivity index (χ2n) is 6.68. The molecule has 1 aliphatic heterocycles. The Kier molecular flexibility index (Phi) is 7.29. The van der Waals surface area contributed by atoms with Gasteiger partial charge >= 0.3 is 0 Å². The molecule has 1 aromatic rings. The van der Waals surface area contributed by atoms with E-state index in [4.69, 9.17) is 4.74 Å². The number of hydrogen-bond acceptors (Lipinski definition) is 3. The van der Waals surface area contributed by atoms with Crippen LogP contribution in [0.3, 0.4) is 0 Å². The second-order valence-corrected chi connectivity index (χ2v) is 6.68. The van der Waals surface area contributed by atoms with Crippen molar-refractivity contribution in [2.45, 2.75) is 40.0 Å². The molecular weight excluding hydrogens is 316 g/mol. The molecule has 0 atom stereocenters. The number of carbonyl (C=O) groups excluding carboxylic acids is 2. The van der Waals surface area contributed by atoms with Gasteiger partial charge in [0.1, 0.15) is 5.75 Å². The first kappa shape index (κ1) is 19.3. The normalized spacial score (nSPS) is 15.2. The summed E-state index contributed by atoms with van der Waals surface area (Å²) in [7, 11) is 0. The van der Waals surface area contributed by atoms with Crippen LogP contribution in [0.2, 0.25) is 0 Å². The molecule has 0 spiro atoms. The molecule has 1 saturated heterocycles. The summed E-state index contributed by atoms with van der Waals surface area (Å²) in [6.07, 6.45) is 2.57. The zero-order chi connectivity index (χ0) is 18.2. The van der Waals surface area contributed by atoms with Gasteiger partial charge in [-0.05, 0) is 43.9 Å². The van der Waals surface area contributed by atoms with Crippen molar-refractivity contribution in [1.29, 1.82) is 0 Å². The van der Waals surface area contributed by atoms with Gasteiger partial charge in [-0.15, -0.1) is 0 Å². The molecule has 2 rings (SSSR count). The van der Waals surface area contributed by atoms with Gasteiger partial charge in [0.2, 0.25) is 5.91 Å². The van der Waals surface area contributed by atoms with Crippen molar-refractivity contribution in [2.75, 3.05) is 32.8 Å². The Morgan fingerprint density at radius 2 is 1.76 bits per heavy atom. The Bertz CT molecular complexity index is 584. The van der Waals surface area contributed by atoms with E-state index >= 15 is 0 Å². The van der Waals surface area contributed by atoms with Crippen LogP contribution in [-0.4, -0.2) is 54.4 Å². The molecular formula is C20H30N2O3. The van der Waals surface area contributed by atoms with E-state index in [2.05, 4.69) is 13.8 Å². The number of hydrogen-bond donors (Lipinski definition) is 0. The summed E-state index contributed by atoms with van der Waals surface area (Å²) in [5.41, 5.74) is 1.11. The fourth-order valence-corrected chi connectivity index (χ4v) is 3.22. The highest BCUT2D eigenvalue weighted by Gasteiger charge is 2.25. The van der Waals surface area contributed by atoms with E-state index in [0.29, 0.717) is 25.4 Å². The molecule has 25 heavy (non-hydrogen) atoms. The summed E-state index contributed by atoms with van der Waals surface area (Å²) >= 11 is 0. The van der Waals surface area contributed by atoms with Crippen LogP contribution in [0.15, 0.2) is 24.3 Å². The van der Waals surface area contributed by atoms with Crippen molar-refractivity contribution in [3.05, 3.63) is 29.8 Å². The van der Waals surface area contributed by atoms with Crippen LogP contribution in [0, 0.1) is 12.8 Å². The predicted octanol–water partition coefficient (Wildman–Crippen LogP) is 2.87. The van der Waals surface area contributed by atoms with Crippen LogP contribution in [0.5, 0.6) is 5.75 Å². The highest BCUT2D eigenvalue weighted by molar-refractivity contribution is 5.80. The molecule has 0 saturated carbocycles. The summed E-state index contributed by atoms with van der Waals surface area (Å²) < 4.78 is 5.62. The van der Waals surface area contributed by atoms with Crippen LogP contribution in [0.25, 0.3) is 0 Å². The minimum atomic E-state index is -0.0154. The van der Waals surface area contributed by atoms with Crippen molar-refractivity contribution in [1.82, 2.24) is 9.80 Å². The first-order chi connectivity index (χ1) is 12.0. The monoisotopic (exact) mass is 346 g/mol. The fourth-order valence-electron chi connectivity index (χ4n) is 3.22. The van der Waals surface area contributed by atoms with Gasteiger partial charge in [0, 0.05) is 32.1 Å². The molecule has 138 valence electrons. The first-order valence-corrected chi connectivity index (χ1v) is 9.31. The zero-order valence-corrected chi connectivity index (χ0v) is 15.7. The number of ether oxygens (including phenoxy) is 1. The lowest BCUT2D eigenvalue weighted by atomic mass is 10.0. The Morgan fingerprint density at radius 1 is 1.08 bits per heavy atom. The standard InChI is InChI=1S/C20H30N2O3/c1-4-17(5-2)20(24)22-11-7-10-21(12-13-22)19(23)15-25-18-9-6-8-16(3)14-18/h6,8-9,14,17H,4-5,7,10-13,15H2,1-3H3. The number of amides is 2. The third kappa shape index (κ3) is 5.48. The molecule has 0 aliphatic carbocycles. The minimum Gasteiger partial charge on any atom is -0.484 e. The molecule has 5 nitrogen and oxygen atoms in total. The molecule has 1 aliphatic rings. The van der Waals surface area contributed by atoms with Crippen LogP contribution in [0.4, 0.5) is 0 Å². The third-order valence-corrected chi connectivity index (χ3v) is 4.85. The van der Waals surface area contributed by atoms with Gasteiger partial charge in [0.05, 0.1) is 0 Å². The summed E-state index contributed by atoms with van der Waals surface area (Å²) in [6, 6.07) is 7.70. The molecule has 0 bridgehead atoms. The smallest absolute Gasteiger partial charge is 0.260 e. The van der Waals surface area contributed by atoms with E-state index in [1.807, 2.05) is 41.0 Å². The van der Waals surface area contributed by atoms with Gasteiger partial charge in [-0.2, -0.15) is 0 Å². The largest absolute Gasteiger partial charge is 0.484 e. The summed E-state index contributed by atoms with van der Waals surface area (Å²) in [5, 5.41) is 0. The summed E-state index contributed by atoms with van der Waals surface area (Å²) in [5.74, 6) is 1.04. The molecule has 5 heteroatoms. The summed E-state index contributed by atoms with van der Waals surface area (Å²) in [4.78, 5) is 28.7. The second kappa shape index (κ2) is 9.44. The van der Waals surface area contributed by atoms with E-state index in [1.54, 1.807) is 0 Å². The van der Waals surface area contributed by atoms with E-state index < -0.39 is 0 Å². The van der Waals surface area contributed by atoms with E-state index in [-0.39, 0.29) is 24.3 Å². The average molecular weight is 346 g/mol. The Morgan fingerprint density at radius 3 is 2.44 bits per heavy atom. The number of aryl methyl sites for hydroxylation is 1. The fraction of sp³-hybridized carbons (Fsp3) is 0.600. The molecule has 2 amide bonds. The van der Waals surface area contributed by atoms with Gasteiger partial charge in [0.15, 0.2) is 6.61 Å². The van der Waals surface area contributed by atoms with E-state index in [9.17, 15) is 9.59 Å². The third-order valence-electron chi connectivity index (χ3n) is 4.85. The highest BCUT2D eigenvalue weighted by Crippen LogP contribution is 2.15. The van der Waals surface area contributed by atoms with Gasteiger partial charge in [-0.1, -0.05) is 26.0 Å². The van der Waals surface area contributed by atoms with Crippen LogP contribution in [0.1, 0.15) is 38.7 Å². The van der Waals surface area contributed by atoms with Crippen molar-refractivity contribution in [3.63, 3.8) is 0 Å². The molecule has 0 aromatic heterocycles. The maximum Gasteiger partial charge on any atom is 0.260 e. The Labute approximate surface area is 150 Å². The molecule has 1 fully saturated rings. The highest BCUT2D eigenvalue weighted by atomic mass is 16.5. The quantitative estimate of drug-likeness (QED) is 0.796. The zero-order valence-electron chi connectivity index (χ0n) is 15.7. The number of benzene rings is 1. The van der Waals surface area contributed by atoms with Crippen molar-refractivity contribution >= 4 is 11.8 Å². The average Bonchev–Trinajstić information content (AvgIpc) is 2.87. The minimum absolute atomic E-state index is 0.0154. The van der Waals surface area contributed by atoms with Crippen molar-refractivity contribution < 1.29 is 14.3 Å². The predicted molar refractivity (Wildman–Crippen MR) is 98.5 cm³/mol. The van der Waals surface area contributed by atoms with Crippen LogP contribution < -0.4 is 4.74 Å². The van der Waals surface area contributed by atoms with Gasteiger partial charge in [-0.25, -0.2) is 0 Å². The van der Waals surface area contributed by atoms with E-state index in [1.165, 1.54) is 0 Å². The molecule has 0 radical (unpaired) electrons. The number of rotatable bonds is 6. The Hall–Kier alpha value is -2.04. The topological polar surface area (TPSA) is 49.9 Å². The SMILES string of the molecule is CCC(CC)C(=O)N1CCCN(C(=O)COc2cccc(C)c2)CC1. The van der Waals surface area contributed by atoms with E-state index in [0.717, 1.165) is 31.4 Å². The lowest BCUT2D eigenvalue weighted by Gasteiger charge is -2.25. The lowest BCUT2D eigenvalue weighted by molar-refractivity contribution is -0.137. The van der Waals surface area contributed by atoms with Gasteiger partial charge < -0.3 is 14.5 Å². The molecule has 1 aromatic carbocycles. The molecule has 1 heterocycles. The Balaban J connectivity index is 1.85.